The van der Waals surface area contributed by atoms with Crippen molar-refractivity contribution >= 4 is 27.8 Å². The van der Waals surface area contributed by atoms with Crippen LogP contribution in [-0.2, 0) is 51.5 Å². The van der Waals surface area contributed by atoms with Crippen molar-refractivity contribution in [2.75, 3.05) is 19.0 Å². The van der Waals surface area contributed by atoms with Gasteiger partial charge in [0.25, 0.3) is 0 Å². The van der Waals surface area contributed by atoms with E-state index in [-0.39, 0.29) is 0 Å². The maximum absolute atomic E-state index is 2.81. The zero-order chi connectivity index (χ0) is 45.8. The van der Waals surface area contributed by atoms with E-state index in [1.807, 2.05) is 5.30 Å². The van der Waals surface area contributed by atoms with Crippen LogP contribution in [0.5, 0.6) is 0 Å². The molecule has 0 bridgehead atoms. The number of rotatable bonds is 19. The molecule has 5 heteroatoms. The van der Waals surface area contributed by atoms with Crippen LogP contribution in [0, 0.1) is 0 Å². The van der Waals surface area contributed by atoms with E-state index in [9.17, 15) is 0 Å². The standard InChI is InChI=1S/2C21H21P.C20H32NP.Ru/c2*1-4-10-19(11-5-1)16-22(17-20-12-6-2-7-13-20)18-21-14-8-3-9-15-21;1-21(2)17-13-15-20(16-14-17)22(18-9-5-3-6-10-18)19-11-7-4-8-12-19;/h2*1-15H,16-18H2;13-16,18-19H,3-12H2,1-2H3;/q;;;-3/p+3. The van der Waals surface area contributed by atoms with Gasteiger partial charge in [-0.15, -0.1) is 0 Å². The summed E-state index contributed by atoms with van der Waals surface area (Å²) >= 11 is -2.10. The molecule has 0 N–H and O–H groups in total. The van der Waals surface area contributed by atoms with Crippen LogP contribution in [0.1, 0.15) is 97.6 Å². The van der Waals surface area contributed by atoms with Crippen molar-refractivity contribution in [3.63, 3.8) is 0 Å². The van der Waals surface area contributed by atoms with Gasteiger partial charge in [-0.05, 0) is 0 Å². The van der Waals surface area contributed by atoms with Crippen molar-refractivity contribution in [1.29, 1.82) is 0 Å². The summed E-state index contributed by atoms with van der Waals surface area (Å²) in [5.41, 5.74) is 5.04. The van der Waals surface area contributed by atoms with Gasteiger partial charge in [0, 0.05) is 0 Å². The van der Waals surface area contributed by atoms with E-state index in [2.05, 4.69) is 225 Å². The molecule has 2 saturated carbocycles. The predicted molar refractivity (Wildman–Crippen MR) is 300 cm³/mol. The summed E-state index contributed by atoms with van der Waals surface area (Å²) in [6.45, 7) is 0. The van der Waals surface area contributed by atoms with Gasteiger partial charge in [-0.3, -0.25) is 0 Å². The Morgan fingerprint density at radius 3 is 0.836 bits per heavy atom. The van der Waals surface area contributed by atoms with Crippen molar-refractivity contribution < 1.29 is 14.5 Å². The van der Waals surface area contributed by atoms with Crippen LogP contribution in [0.25, 0.3) is 0 Å². The SMILES string of the molecule is CN(C)c1ccc([PH](C2CCCCC2)(C2CCCCC2)[Ru]([PH](Cc2ccccc2)(Cc2ccccc2)Cc2ccccc2)[PH](Cc2ccccc2)(Cc2ccccc2)Cc2ccccc2)cc1. The monoisotopic (exact) mass is 1030 g/mol. The Morgan fingerprint density at radius 1 is 0.343 bits per heavy atom. The van der Waals surface area contributed by atoms with Gasteiger partial charge in [-0.2, -0.15) is 0 Å². The topological polar surface area (TPSA) is 3.24 Å². The number of benzene rings is 7. The zero-order valence-corrected chi connectivity index (χ0v) is 45.1. The van der Waals surface area contributed by atoms with E-state index in [0.29, 0.717) is 0 Å². The van der Waals surface area contributed by atoms with Crippen molar-refractivity contribution in [2.24, 2.45) is 0 Å². The van der Waals surface area contributed by atoms with Gasteiger partial charge < -0.3 is 0 Å². The summed E-state index contributed by atoms with van der Waals surface area (Å²) in [4.78, 5) is 2.35. The summed E-state index contributed by atoms with van der Waals surface area (Å²) in [5.74, 6) is 0. The molecule has 0 spiro atoms. The van der Waals surface area contributed by atoms with Gasteiger partial charge in [0.15, 0.2) is 0 Å². The molecule has 2 aliphatic rings. The van der Waals surface area contributed by atoms with E-state index in [1.54, 1.807) is 33.4 Å². The van der Waals surface area contributed by atoms with E-state index >= 15 is 0 Å². The fourth-order valence-corrected chi connectivity index (χ4v) is 127. The fourth-order valence-electron chi connectivity index (χ4n) is 12.7. The minimum atomic E-state index is -2.51. The summed E-state index contributed by atoms with van der Waals surface area (Å²) in [6, 6.07) is 83.4. The average Bonchev–Trinajstić information content (AvgIpc) is 3.38. The van der Waals surface area contributed by atoms with E-state index in [0.717, 1.165) is 11.3 Å². The molecule has 7 aromatic rings. The van der Waals surface area contributed by atoms with Gasteiger partial charge in [-0.1, -0.05) is 0 Å². The van der Waals surface area contributed by atoms with E-state index in [4.69, 9.17) is 0 Å². The van der Waals surface area contributed by atoms with Crippen molar-refractivity contribution in [3.05, 3.63) is 240 Å². The molecular formula is C62H77NP3Ru. The summed E-state index contributed by atoms with van der Waals surface area (Å²) in [7, 11) is 4.49. The first kappa shape index (κ1) is 48.3. The van der Waals surface area contributed by atoms with Crippen molar-refractivity contribution in [3.8, 4) is 0 Å². The first-order valence-electron chi connectivity index (χ1n) is 25.6. The molecule has 9 rings (SSSR count). The third kappa shape index (κ3) is 11.5. The summed E-state index contributed by atoms with van der Waals surface area (Å²) in [6.07, 6.45) is 21.8. The molecule has 0 aliphatic heterocycles. The molecular weight excluding hydrogens is 953 g/mol. The van der Waals surface area contributed by atoms with Gasteiger partial charge in [0.1, 0.15) is 0 Å². The van der Waals surface area contributed by atoms with Crippen LogP contribution in [0.2, 0.25) is 0 Å². The fraction of sp³-hybridized carbons (Fsp3) is 0.323. The molecule has 1 nitrogen and oxygen atoms in total. The van der Waals surface area contributed by atoms with Crippen LogP contribution in [0.4, 0.5) is 5.69 Å². The van der Waals surface area contributed by atoms with Crippen LogP contribution in [-0.4, -0.2) is 25.4 Å². The molecule has 0 amide bonds. The van der Waals surface area contributed by atoms with Gasteiger partial charge in [-0.25, -0.2) is 0 Å². The number of nitrogens with zero attached hydrogens (tertiary/aromatic N) is 1. The Kier molecular flexibility index (Phi) is 16.7. The maximum atomic E-state index is 2.81. The quantitative estimate of drug-likeness (QED) is 0.0576. The van der Waals surface area contributed by atoms with Gasteiger partial charge in [0.05, 0.1) is 0 Å². The Bertz CT molecular complexity index is 2160. The molecule has 2 fully saturated rings. The van der Waals surface area contributed by atoms with Crippen LogP contribution in [0.15, 0.2) is 206 Å². The van der Waals surface area contributed by atoms with Crippen LogP contribution < -0.4 is 10.2 Å². The van der Waals surface area contributed by atoms with Crippen LogP contribution >= 0.6 is 16.8 Å². The Labute approximate surface area is 410 Å². The van der Waals surface area contributed by atoms with Crippen LogP contribution in [0.3, 0.4) is 0 Å². The molecule has 67 heavy (non-hydrogen) atoms. The molecule has 0 heterocycles. The average molecular weight is 1030 g/mol. The molecule has 7 aromatic carbocycles. The second-order valence-corrected chi connectivity index (χ2v) is 59.9. The number of hydrogen-bond donors (Lipinski definition) is 0. The second kappa shape index (κ2) is 23.2. The number of anilines is 1. The molecule has 2 aliphatic carbocycles. The van der Waals surface area contributed by atoms with Gasteiger partial charge in [0.2, 0.25) is 0 Å². The summed E-state index contributed by atoms with van der Waals surface area (Å²) < 4.78 is 0. The normalized spacial score (nSPS) is 16.2. The molecule has 0 atom stereocenters. The third-order valence-corrected chi connectivity index (χ3v) is 92.1. The minimum absolute atomic E-state index is 0.816. The summed E-state index contributed by atoms with van der Waals surface area (Å²) in [5, 5.41) is 1.88. The van der Waals surface area contributed by atoms with E-state index < -0.39 is 31.3 Å². The second-order valence-electron chi connectivity index (χ2n) is 20.3. The Balaban J connectivity index is 1.49. The zero-order valence-electron chi connectivity index (χ0n) is 40.4. The molecule has 0 aromatic heterocycles. The molecule has 0 radical (unpaired) electrons. The van der Waals surface area contributed by atoms with Crippen molar-refractivity contribution in [1.82, 2.24) is 0 Å². The van der Waals surface area contributed by atoms with Crippen molar-refractivity contribution in [2.45, 2.75) is 112 Å². The van der Waals surface area contributed by atoms with Gasteiger partial charge >= 0.3 is 413 Å². The Morgan fingerprint density at radius 2 is 0.597 bits per heavy atom. The van der Waals surface area contributed by atoms with E-state index in [1.165, 1.54) is 107 Å². The number of hydrogen-bond acceptors (Lipinski definition) is 1. The molecule has 0 saturated heterocycles. The third-order valence-electron chi connectivity index (χ3n) is 15.4. The molecule has 353 valence electrons. The predicted octanol–water partition coefficient (Wildman–Crippen LogP) is 16.9. The molecule has 0 unspecified atom stereocenters. The Hall–Kier alpha value is -3.75. The first-order chi connectivity index (χ1) is 33.0. The first-order valence-corrected chi connectivity index (χ1v) is 40.4.